The summed E-state index contributed by atoms with van der Waals surface area (Å²) in [7, 11) is 3.20. The van der Waals surface area contributed by atoms with Crippen LogP contribution in [0.15, 0.2) is 97.1 Å². The number of methoxy groups -OCH3 is 2. The van der Waals surface area contributed by atoms with Gasteiger partial charge in [0.15, 0.2) is 10.1 Å². The van der Waals surface area contributed by atoms with Gasteiger partial charge in [-0.1, -0.05) is 82.8 Å². The number of hydrogen-bond acceptors (Lipinski definition) is 7. The molecule has 0 aromatic heterocycles. The second-order valence-corrected chi connectivity index (χ2v) is 12.9. The maximum atomic E-state index is 11.6. The minimum atomic E-state index is -1.08. The minimum Gasteiger partial charge on any atom is -0.462 e. The normalized spacial score (nSPS) is 10.0. The lowest BCUT2D eigenvalue weighted by molar-refractivity contribution is -0.106. The fraction of sp³-hybridized carbons (Fsp3) is 0.225. The second kappa shape index (κ2) is 22.2. The zero-order valence-electron chi connectivity index (χ0n) is 28.3. The number of carbonyl (C=O) groups excluding carboxylic acids is 3. The van der Waals surface area contributed by atoms with Crippen LogP contribution in [0.1, 0.15) is 86.0 Å². The number of benzene rings is 4. The zero-order valence-corrected chi connectivity index (χ0v) is 30.6. The molecule has 0 heterocycles. The predicted octanol–water partition coefficient (Wildman–Crippen LogP) is 9.01. The highest BCUT2D eigenvalue weighted by atomic mass is 35.6. The summed E-state index contributed by atoms with van der Waals surface area (Å²) >= 11 is 15.2. The lowest BCUT2D eigenvalue weighted by Gasteiger charge is -2.13. The van der Waals surface area contributed by atoms with E-state index < -0.39 is 3.79 Å². The average Bonchev–Trinajstić information content (AvgIpc) is 3.11. The van der Waals surface area contributed by atoms with E-state index in [2.05, 4.69) is 23.7 Å². The molecule has 0 amide bonds. The molecule has 10 heteroatoms. The molecule has 0 radical (unpaired) electrons. The van der Waals surface area contributed by atoms with E-state index in [-0.39, 0.29) is 18.2 Å². The molecule has 0 aliphatic heterocycles. The van der Waals surface area contributed by atoms with Gasteiger partial charge in [0.25, 0.3) is 0 Å². The first-order chi connectivity index (χ1) is 23.9. The smallest absolute Gasteiger partial charge is 0.338 e. The summed E-state index contributed by atoms with van der Waals surface area (Å²) in [6.45, 7) is 5.76. The number of halogens is 3. The number of alkyl halides is 3. The van der Waals surface area contributed by atoms with Crippen LogP contribution in [-0.2, 0) is 18.9 Å². The van der Waals surface area contributed by atoms with E-state index in [0.717, 1.165) is 34.1 Å². The first-order valence-corrected chi connectivity index (χ1v) is 16.4. The molecular weight excluding hydrogens is 699 g/mol. The first-order valence-electron chi connectivity index (χ1n) is 15.3. The maximum absolute atomic E-state index is 11.6. The quantitative estimate of drug-likeness (QED) is 0.0587. The van der Waals surface area contributed by atoms with Gasteiger partial charge in [0.1, 0.15) is 6.29 Å². The Balaban J connectivity index is 0.000000308. The summed E-state index contributed by atoms with van der Waals surface area (Å²) in [6.07, 6.45) is 0.424. The van der Waals surface area contributed by atoms with E-state index in [1.54, 1.807) is 101 Å². The Kier molecular flexibility index (Phi) is 18.4. The van der Waals surface area contributed by atoms with Gasteiger partial charge in [0.05, 0.1) is 24.3 Å². The molecule has 50 heavy (non-hydrogen) atoms. The largest absolute Gasteiger partial charge is 0.462 e. The van der Waals surface area contributed by atoms with Crippen LogP contribution in [0.25, 0.3) is 0 Å². The van der Waals surface area contributed by atoms with Crippen LogP contribution >= 0.6 is 34.8 Å². The lowest BCUT2D eigenvalue weighted by atomic mass is 10.1. The number of carbonyl (C=O) groups is 3. The predicted molar refractivity (Wildman–Crippen MR) is 198 cm³/mol. The molecule has 4 aromatic rings. The Bertz CT molecular complexity index is 1760. The first kappa shape index (κ1) is 41.6. The molecule has 0 bridgehead atoms. The monoisotopic (exact) mass is 734 g/mol. The molecule has 4 aromatic carbocycles. The van der Waals surface area contributed by atoms with Crippen molar-refractivity contribution in [2.75, 3.05) is 27.4 Å². The van der Waals surface area contributed by atoms with Crippen molar-refractivity contribution in [2.45, 2.75) is 30.9 Å². The number of aldehydes is 1. The van der Waals surface area contributed by atoms with Crippen LogP contribution in [0.4, 0.5) is 0 Å². The third-order valence-electron chi connectivity index (χ3n) is 6.15. The highest BCUT2D eigenvalue weighted by Crippen LogP contribution is 2.23. The van der Waals surface area contributed by atoms with E-state index in [9.17, 15) is 14.4 Å². The molecule has 0 N–H and O–H groups in total. The Morgan fingerprint density at radius 1 is 0.620 bits per heavy atom. The van der Waals surface area contributed by atoms with Gasteiger partial charge >= 0.3 is 11.9 Å². The van der Waals surface area contributed by atoms with Gasteiger partial charge in [0, 0.05) is 47.6 Å². The number of esters is 2. The topological polar surface area (TPSA) is 88.1 Å². The molecule has 0 aliphatic rings. The van der Waals surface area contributed by atoms with Crippen molar-refractivity contribution >= 4 is 53.0 Å². The molecule has 0 spiro atoms. The van der Waals surface area contributed by atoms with Gasteiger partial charge in [-0.05, 0) is 93.6 Å². The van der Waals surface area contributed by atoms with Gasteiger partial charge in [-0.15, -0.1) is 0 Å². The van der Waals surface area contributed by atoms with E-state index in [1.165, 1.54) is 6.92 Å². The van der Waals surface area contributed by atoms with E-state index in [1.807, 2.05) is 24.3 Å². The molecule has 0 aliphatic carbocycles. The molecule has 4 rings (SSSR count). The van der Waals surface area contributed by atoms with Crippen molar-refractivity contribution < 1.29 is 33.3 Å². The van der Waals surface area contributed by atoms with Gasteiger partial charge < -0.3 is 18.9 Å². The summed E-state index contributed by atoms with van der Waals surface area (Å²) in [4.78, 5) is 33.7. The van der Waals surface area contributed by atoms with Crippen LogP contribution in [-0.4, -0.2) is 49.5 Å². The van der Waals surface area contributed by atoms with Crippen LogP contribution in [0.5, 0.6) is 0 Å². The summed E-state index contributed by atoms with van der Waals surface area (Å²) in [5.41, 5.74) is 5.95. The van der Waals surface area contributed by atoms with Crippen LogP contribution in [0, 0.1) is 23.7 Å². The molecule has 0 unspecified atom stereocenters. The fourth-order valence-electron chi connectivity index (χ4n) is 3.83. The van der Waals surface area contributed by atoms with Crippen molar-refractivity contribution in [1.82, 2.24) is 0 Å². The molecule has 0 atom stereocenters. The molecular formula is C40H37Cl3O7. The SMILES string of the molecule is CC(Cl)(Cl)Cl.CCOC(=O)c1ccc(C#Cc2ccc(C(OC)OC)cc2)cc1.CCOC(=O)c1ccc(C#Cc2ccc(C=O)cc2)cc1. The van der Waals surface area contributed by atoms with Crippen molar-refractivity contribution in [2.24, 2.45) is 0 Å². The summed E-state index contributed by atoms with van der Waals surface area (Å²) in [5, 5.41) is 0. The highest BCUT2D eigenvalue weighted by molar-refractivity contribution is 6.67. The van der Waals surface area contributed by atoms with Crippen molar-refractivity contribution in [3.63, 3.8) is 0 Å². The Morgan fingerprint density at radius 3 is 1.20 bits per heavy atom. The van der Waals surface area contributed by atoms with Crippen LogP contribution < -0.4 is 0 Å². The van der Waals surface area contributed by atoms with Gasteiger partial charge in [-0.3, -0.25) is 4.79 Å². The maximum Gasteiger partial charge on any atom is 0.338 e. The number of hydrogen-bond donors (Lipinski definition) is 0. The lowest BCUT2D eigenvalue weighted by Crippen LogP contribution is -2.04. The Hall–Kier alpha value is -4.60. The number of ether oxygens (including phenoxy) is 4. The summed E-state index contributed by atoms with van der Waals surface area (Å²) < 4.78 is 19.2. The molecule has 260 valence electrons. The third kappa shape index (κ3) is 16.2. The van der Waals surface area contributed by atoms with E-state index in [0.29, 0.717) is 29.9 Å². The Labute approximate surface area is 308 Å². The summed E-state index contributed by atoms with van der Waals surface area (Å²) in [5.74, 6) is 11.5. The van der Waals surface area contributed by atoms with E-state index in [4.69, 9.17) is 53.8 Å². The van der Waals surface area contributed by atoms with Crippen molar-refractivity contribution in [1.29, 1.82) is 0 Å². The fourth-order valence-corrected chi connectivity index (χ4v) is 3.83. The highest BCUT2D eigenvalue weighted by Gasteiger charge is 2.08. The third-order valence-corrected chi connectivity index (χ3v) is 6.15. The molecule has 7 nitrogen and oxygen atoms in total. The van der Waals surface area contributed by atoms with Crippen LogP contribution in [0.2, 0.25) is 0 Å². The standard InChI is InChI=1S/C20H20O4.C18H14O3.C2H3Cl3/c1-4-24-19(21)17-11-7-15(8-12-17)5-6-16-9-13-18(14-10-16)20(22-2)23-3;1-2-21-18(20)17-11-9-15(10-12-17)4-3-14-5-7-16(13-19)8-6-14;1-2(3,4)5/h7-14,20H,4H2,1-3H3;5-13H,2H2,1H3;1H3. The van der Waals surface area contributed by atoms with E-state index >= 15 is 0 Å². The van der Waals surface area contributed by atoms with Crippen molar-refractivity contribution in [3.8, 4) is 23.7 Å². The molecule has 0 saturated heterocycles. The van der Waals surface area contributed by atoms with Crippen LogP contribution in [0.3, 0.4) is 0 Å². The van der Waals surface area contributed by atoms with Crippen molar-refractivity contribution in [3.05, 3.63) is 142 Å². The van der Waals surface area contributed by atoms with Gasteiger partial charge in [-0.2, -0.15) is 0 Å². The van der Waals surface area contributed by atoms with Gasteiger partial charge in [-0.25, -0.2) is 9.59 Å². The summed E-state index contributed by atoms with van der Waals surface area (Å²) in [6, 6.07) is 28.7. The average molecular weight is 736 g/mol. The zero-order chi connectivity index (χ0) is 36.9. The minimum absolute atomic E-state index is 0.321. The second-order valence-electron chi connectivity index (χ2n) is 10.0. The van der Waals surface area contributed by atoms with Gasteiger partial charge in [0.2, 0.25) is 0 Å². The molecule has 0 fully saturated rings. The Morgan fingerprint density at radius 2 is 0.920 bits per heavy atom. The number of rotatable bonds is 8. The molecule has 0 saturated carbocycles.